The monoisotopic (exact) mass is 632 g/mol. The van der Waals surface area contributed by atoms with Crippen LogP contribution in [0, 0.1) is 11.8 Å². The van der Waals surface area contributed by atoms with E-state index in [0.717, 1.165) is 12.8 Å². The summed E-state index contributed by atoms with van der Waals surface area (Å²) in [5, 5.41) is 11.9. The van der Waals surface area contributed by atoms with Crippen molar-refractivity contribution in [2.45, 2.75) is 139 Å². The molecule has 43 heavy (non-hydrogen) atoms. The smallest absolute Gasteiger partial charge is 0.284 e. The topological polar surface area (TPSA) is 41.5 Å². The van der Waals surface area contributed by atoms with Crippen LogP contribution in [0.25, 0.3) is 0 Å². The number of rotatable bonds is 13. The van der Waals surface area contributed by atoms with Gasteiger partial charge in [-0.15, -0.1) is 0 Å². The van der Waals surface area contributed by atoms with Gasteiger partial charge >= 0.3 is 0 Å². The van der Waals surface area contributed by atoms with Crippen LogP contribution in [0.1, 0.15) is 139 Å². The summed E-state index contributed by atoms with van der Waals surface area (Å²) < 4.78 is 31.1. The largest absolute Gasteiger partial charge is 0.492 e. The number of ether oxygens (including phenoxy) is 1. The molecule has 0 aromatic heterocycles. The Bertz CT molecular complexity index is 689. The Balaban J connectivity index is -0.000000239. The van der Waals surface area contributed by atoms with Gasteiger partial charge in [0.2, 0.25) is 0 Å². The Morgan fingerprint density at radius 3 is 1.95 bits per heavy atom. The maximum atomic E-state index is 12.9. The van der Waals surface area contributed by atoms with Gasteiger partial charge in [0.05, 0.1) is 0 Å². The van der Waals surface area contributed by atoms with E-state index in [1.54, 1.807) is 19.2 Å². The van der Waals surface area contributed by atoms with E-state index < -0.39 is 5.66 Å². The van der Waals surface area contributed by atoms with Gasteiger partial charge in [-0.2, -0.15) is 8.78 Å². The summed E-state index contributed by atoms with van der Waals surface area (Å²) in [5.41, 5.74) is -2.96. The molecule has 0 heterocycles. The summed E-state index contributed by atoms with van der Waals surface area (Å²) in [6.07, 6.45) is 23.3. The standard InChI is InChI=1S/C10H14F2NOP.C10H22O.C7H12.C6H12.2C2H6/c1-13-5-6-14-9-4-2-3-8(7-9)10(11,12)15;1-4-6-7-9(3)10(5-2)8-11;1-3-5-7-6-4-2;1-2-4-6-5-3-1;2*1-2/h2-4,7,13H,5-6,15H2,1H3;9-11H,4-8H2,1-3H3;3,5-7H,4H2,1-2H3;1-6H2;2*1-2H3/b;;5-3-,7-6-;;;/t;9?,10-;;;;/m.0..../s1. The maximum absolute atomic E-state index is 12.9. The van der Waals surface area contributed by atoms with Gasteiger partial charge in [-0.1, -0.05) is 165 Å². The second kappa shape index (κ2) is 38.7. The molecule has 1 aromatic rings. The van der Waals surface area contributed by atoms with Gasteiger partial charge in [0.25, 0.3) is 5.66 Å². The third-order valence-electron chi connectivity index (χ3n) is 6.59. The molecule has 1 aliphatic carbocycles. The predicted octanol–water partition coefficient (Wildman–Crippen LogP) is 12.0. The highest BCUT2D eigenvalue weighted by molar-refractivity contribution is 7.17. The minimum absolute atomic E-state index is 0.0607. The molecule has 1 fully saturated rings. The number of benzene rings is 1. The van der Waals surface area contributed by atoms with Crippen molar-refractivity contribution < 1.29 is 18.6 Å². The molecular formula is C37H72F2NO2P. The summed E-state index contributed by atoms with van der Waals surface area (Å²) in [6, 6.07) is 5.94. The van der Waals surface area contributed by atoms with Gasteiger partial charge in [-0.25, -0.2) is 0 Å². The van der Waals surface area contributed by atoms with E-state index in [0.29, 0.717) is 37.3 Å². The predicted molar refractivity (Wildman–Crippen MR) is 194 cm³/mol. The van der Waals surface area contributed by atoms with E-state index in [9.17, 15) is 8.78 Å². The average Bonchev–Trinajstić information content (AvgIpc) is 3.04. The molecule has 6 heteroatoms. The van der Waals surface area contributed by atoms with Crippen LogP contribution >= 0.6 is 9.24 Å². The average molecular weight is 632 g/mol. The summed E-state index contributed by atoms with van der Waals surface area (Å²) in [7, 11) is 3.31. The summed E-state index contributed by atoms with van der Waals surface area (Å²) in [6.45, 7) is 20.3. The highest BCUT2D eigenvalue weighted by Gasteiger charge is 2.24. The molecule has 3 nitrogen and oxygen atoms in total. The highest BCUT2D eigenvalue weighted by Crippen LogP contribution is 2.36. The zero-order chi connectivity index (χ0) is 33.8. The van der Waals surface area contributed by atoms with E-state index in [-0.39, 0.29) is 5.56 Å². The van der Waals surface area contributed by atoms with Crippen LogP contribution in [0.15, 0.2) is 48.6 Å². The molecule has 0 spiro atoms. The van der Waals surface area contributed by atoms with E-state index in [1.165, 1.54) is 79.2 Å². The van der Waals surface area contributed by atoms with Crippen LogP contribution in [0.2, 0.25) is 0 Å². The number of hydrogen-bond acceptors (Lipinski definition) is 3. The van der Waals surface area contributed by atoms with Crippen molar-refractivity contribution in [1.82, 2.24) is 5.32 Å². The highest BCUT2D eigenvalue weighted by atomic mass is 31.0. The van der Waals surface area contributed by atoms with E-state index >= 15 is 0 Å². The molecule has 2 rings (SSSR count). The summed E-state index contributed by atoms with van der Waals surface area (Å²) in [5.74, 6) is 1.69. The Labute approximate surface area is 270 Å². The first-order chi connectivity index (χ1) is 20.7. The number of aliphatic hydroxyl groups is 1. The molecule has 1 aliphatic rings. The van der Waals surface area contributed by atoms with Gasteiger partial charge in [0.1, 0.15) is 12.4 Å². The first-order valence-electron chi connectivity index (χ1n) is 17.1. The minimum Gasteiger partial charge on any atom is -0.492 e. The van der Waals surface area contributed by atoms with Gasteiger partial charge < -0.3 is 15.2 Å². The molecule has 1 saturated carbocycles. The Morgan fingerprint density at radius 1 is 1.00 bits per heavy atom. The molecule has 1 aromatic carbocycles. The van der Waals surface area contributed by atoms with Crippen molar-refractivity contribution in [3.05, 3.63) is 54.1 Å². The van der Waals surface area contributed by atoms with Crippen LogP contribution in [-0.4, -0.2) is 31.9 Å². The molecule has 0 saturated heterocycles. The van der Waals surface area contributed by atoms with Crippen molar-refractivity contribution in [3.8, 4) is 5.75 Å². The van der Waals surface area contributed by atoms with Crippen LogP contribution in [0.4, 0.5) is 8.78 Å². The Morgan fingerprint density at radius 2 is 1.56 bits per heavy atom. The van der Waals surface area contributed by atoms with Gasteiger partial charge in [0.15, 0.2) is 0 Å². The lowest BCUT2D eigenvalue weighted by Crippen LogP contribution is -2.16. The molecule has 0 aliphatic heterocycles. The lowest BCUT2D eigenvalue weighted by Gasteiger charge is -2.19. The Kier molecular flexibility index (Phi) is 43.8. The molecule has 256 valence electrons. The Hall–Kier alpha value is -1.29. The number of allylic oxidation sites excluding steroid dienone is 4. The number of likely N-dealkylation sites (N-methyl/N-ethyl adjacent to an activating group) is 1. The van der Waals surface area contributed by atoms with Crippen molar-refractivity contribution in [2.24, 2.45) is 11.8 Å². The molecule has 2 N–H and O–H groups in total. The normalized spacial score (nSPS) is 13.7. The van der Waals surface area contributed by atoms with E-state index in [2.05, 4.69) is 45.2 Å². The zero-order valence-corrected chi connectivity index (χ0v) is 31.0. The fourth-order valence-corrected chi connectivity index (χ4v) is 4.10. The van der Waals surface area contributed by atoms with Crippen molar-refractivity contribution in [2.75, 3.05) is 26.8 Å². The second-order valence-electron chi connectivity index (χ2n) is 10.1. The summed E-state index contributed by atoms with van der Waals surface area (Å²) >= 11 is 0. The van der Waals surface area contributed by atoms with Crippen molar-refractivity contribution >= 4 is 9.24 Å². The number of aliphatic hydroxyl groups excluding tert-OH is 1. The number of nitrogens with one attached hydrogen (secondary N) is 1. The third kappa shape index (κ3) is 35.1. The number of hydrogen-bond donors (Lipinski definition) is 2. The molecule has 0 amide bonds. The van der Waals surface area contributed by atoms with Crippen LogP contribution in [0.5, 0.6) is 5.75 Å². The van der Waals surface area contributed by atoms with Gasteiger partial charge in [-0.3, -0.25) is 0 Å². The fourth-order valence-electron chi connectivity index (χ4n) is 3.92. The van der Waals surface area contributed by atoms with E-state index in [1.807, 2.05) is 46.8 Å². The molecule has 2 unspecified atom stereocenters. The van der Waals surface area contributed by atoms with Gasteiger partial charge in [-0.05, 0) is 44.4 Å². The number of halogens is 2. The van der Waals surface area contributed by atoms with Crippen molar-refractivity contribution in [1.29, 1.82) is 0 Å². The third-order valence-corrected chi connectivity index (χ3v) is 6.93. The maximum Gasteiger partial charge on any atom is 0.284 e. The second-order valence-corrected chi connectivity index (χ2v) is 10.8. The van der Waals surface area contributed by atoms with Crippen LogP contribution in [0.3, 0.4) is 0 Å². The first kappa shape index (κ1) is 48.6. The van der Waals surface area contributed by atoms with Gasteiger partial charge in [0, 0.05) is 18.7 Å². The SMILES string of the molecule is C/C=C\C=C/CC.C1CCCCC1.CC.CC.CCCCC(C)[C@@H](CC)CO.CNCCOc1cccc(C(F)(F)P)c1. The fraction of sp³-hybridized carbons (Fsp3) is 0.730. The molecular weight excluding hydrogens is 559 g/mol. The number of alkyl halides is 2. The lowest BCUT2D eigenvalue weighted by atomic mass is 9.88. The zero-order valence-electron chi connectivity index (χ0n) is 29.9. The molecule has 0 bridgehead atoms. The molecule has 0 radical (unpaired) electrons. The number of unbranched alkanes of at least 4 members (excludes halogenated alkanes) is 1. The summed E-state index contributed by atoms with van der Waals surface area (Å²) in [4.78, 5) is 0. The van der Waals surface area contributed by atoms with Crippen molar-refractivity contribution in [3.63, 3.8) is 0 Å². The quantitative estimate of drug-likeness (QED) is 0.129. The van der Waals surface area contributed by atoms with Crippen LogP contribution in [-0.2, 0) is 5.66 Å². The lowest BCUT2D eigenvalue weighted by molar-refractivity contribution is 0.103. The van der Waals surface area contributed by atoms with Crippen LogP contribution < -0.4 is 10.1 Å². The minimum atomic E-state index is -2.90. The first-order valence-corrected chi connectivity index (χ1v) is 17.7. The molecule has 3 atom stereocenters. The van der Waals surface area contributed by atoms with E-state index in [4.69, 9.17) is 9.84 Å².